The molecule has 22 rings (SSSR count). The van der Waals surface area contributed by atoms with Crippen molar-refractivity contribution in [2.75, 3.05) is 150 Å². The number of aliphatic hydroxyl groups excluding tert-OH is 1. The van der Waals surface area contributed by atoms with Crippen molar-refractivity contribution < 1.29 is 70.6 Å². The van der Waals surface area contributed by atoms with Crippen molar-refractivity contribution in [3.05, 3.63) is 132 Å². The first kappa shape index (κ1) is 102. The summed E-state index contributed by atoms with van der Waals surface area (Å²) in [7, 11) is 1.83. The minimum absolute atomic E-state index is 0.00106. The van der Waals surface area contributed by atoms with Gasteiger partial charge in [0.25, 0.3) is 23.6 Å². The number of anilines is 5. The summed E-state index contributed by atoms with van der Waals surface area (Å²) in [5.41, 5.74) is 13.3. The minimum atomic E-state index is -3.32. The van der Waals surface area contributed by atoms with Gasteiger partial charge in [-0.15, -0.1) is 0 Å². The van der Waals surface area contributed by atoms with Crippen LogP contribution in [0.1, 0.15) is 214 Å². The van der Waals surface area contributed by atoms with Crippen LogP contribution in [0.5, 0.6) is 35.4 Å². The average Bonchev–Trinajstić information content (AvgIpc) is 1.22. The summed E-state index contributed by atoms with van der Waals surface area (Å²) in [4.78, 5) is 121. The zero-order valence-corrected chi connectivity index (χ0v) is 84.7. The molecule has 47 heteroatoms. The molecule has 4 aliphatic heterocycles. The highest BCUT2D eigenvalue weighted by Crippen LogP contribution is 2.57. The number of pyridine rings is 4. The van der Waals surface area contributed by atoms with Crippen molar-refractivity contribution in [1.29, 1.82) is 5.26 Å². The molecule has 0 spiro atoms. The summed E-state index contributed by atoms with van der Waals surface area (Å²) in [6.07, 6.45) is 27.4. The van der Waals surface area contributed by atoms with Crippen LogP contribution in [-0.2, 0) is 26.4 Å². The van der Waals surface area contributed by atoms with E-state index >= 15 is 0 Å². The molecule has 2 bridgehead atoms. The molecule has 5 atom stereocenters. The van der Waals surface area contributed by atoms with Crippen LogP contribution in [0.3, 0.4) is 0 Å². The van der Waals surface area contributed by atoms with Crippen molar-refractivity contribution in [1.82, 2.24) is 126 Å². The van der Waals surface area contributed by atoms with Crippen LogP contribution in [-0.4, -0.2) is 297 Å². The number of fused-ring (bicyclic) bond motifs is 3. The zero-order valence-electron chi connectivity index (χ0n) is 83.9. The Kier molecular flexibility index (Phi) is 32.4. The molecule has 10 N–H and O–H groups in total. The van der Waals surface area contributed by atoms with Crippen LogP contribution >= 0.6 is 0 Å². The van der Waals surface area contributed by atoms with E-state index in [1.165, 1.54) is 0 Å². The molecule has 0 radical (unpaired) electrons. The second-order valence-electron chi connectivity index (χ2n) is 39.6. The number of carbonyl (C=O) groups excluding carboxylic acids is 4. The Hall–Kier alpha value is -14.5. The van der Waals surface area contributed by atoms with Gasteiger partial charge in [0.15, 0.2) is 44.3 Å². The number of ether oxygens (including phenoxy) is 8. The van der Waals surface area contributed by atoms with Gasteiger partial charge in [-0.3, -0.25) is 34.5 Å². The summed E-state index contributed by atoms with van der Waals surface area (Å²) in [6, 6.07) is 19.3. The highest BCUT2D eigenvalue weighted by molar-refractivity contribution is 7.90. The van der Waals surface area contributed by atoms with E-state index in [-0.39, 0.29) is 107 Å². The second kappa shape index (κ2) is 46.5. The number of aliphatic hydroxyl groups is 1. The number of piperidine rings is 4. The van der Waals surface area contributed by atoms with E-state index in [1.807, 2.05) is 68.9 Å². The van der Waals surface area contributed by atoms with Gasteiger partial charge >= 0.3 is 18.0 Å². The third kappa shape index (κ3) is 25.9. The second-order valence-corrected chi connectivity index (χ2v) is 41.7. The Morgan fingerprint density at radius 3 is 1.73 bits per heavy atom. The van der Waals surface area contributed by atoms with E-state index in [4.69, 9.17) is 48.9 Å². The number of H-pyrrole nitrogens is 3. The summed E-state index contributed by atoms with van der Waals surface area (Å²) >= 11 is 0. The van der Waals surface area contributed by atoms with Crippen molar-refractivity contribution in [3.63, 3.8) is 0 Å². The van der Waals surface area contributed by atoms with Crippen LogP contribution in [0.2, 0.25) is 0 Å². The van der Waals surface area contributed by atoms with Gasteiger partial charge in [-0.2, -0.15) is 60.4 Å². The van der Waals surface area contributed by atoms with Gasteiger partial charge in [0, 0.05) is 205 Å². The van der Waals surface area contributed by atoms with Crippen LogP contribution < -0.4 is 75.0 Å². The molecule has 12 aromatic rings. The third-order valence-electron chi connectivity index (χ3n) is 28.0. The topological polar surface area (TPSA) is 579 Å². The predicted octanol–water partition coefficient (Wildman–Crippen LogP) is 8.90. The molecule has 778 valence electrons. The molecular weight excluding hydrogens is 1910 g/mol. The Bertz CT molecular complexity index is 6750. The molecular formula is C100H127N31O15S. The molecule has 12 aromatic heterocycles. The fourth-order valence-electron chi connectivity index (χ4n) is 19.2. The van der Waals surface area contributed by atoms with E-state index in [2.05, 4.69) is 153 Å². The normalized spacial score (nSPS) is 19.6. The summed E-state index contributed by atoms with van der Waals surface area (Å²) in [5, 5.41) is 55.4. The fraction of sp³-hybridized carbons (Fsp3) is 0.540. The van der Waals surface area contributed by atoms with Gasteiger partial charge in [0.1, 0.15) is 46.8 Å². The van der Waals surface area contributed by atoms with Gasteiger partial charge in [-0.1, -0.05) is 0 Å². The maximum atomic E-state index is 13.2. The Morgan fingerprint density at radius 1 is 0.585 bits per heavy atom. The number of aromatic amines is 3. The van der Waals surface area contributed by atoms with Crippen molar-refractivity contribution in [3.8, 4) is 52.7 Å². The minimum Gasteiger partial charge on any atom is -0.489 e. The number of amides is 4. The number of carbonyl (C=O) groups is 4. The summed E-state index contributed by atoms with van der Waals surface area (Å²) in [5.74, 6) is 5.31. The standard InChI is InChI=1S/C28H32N8O5S.C26H36N8O4.C24H31N7O3.C22H28N8O3/c1-42(38,39)15-41-21-2-5-30-25-23(21)24(34-35-25)17-3-6-36(7-4-17)22-9-20(26(37)33-28-10-16(11-28)12-28)31-27(32-22)40-14-19-8-18(19)13-29;1-5-28-25(35)20-11-23(32-26(31-20)38-17(2)14-36-4)34-8-6-18(7-9-34)15-37-22-10-19(12-29-24(22)27)21-13-33(3)16-30-21;1-15(14-33-2)34-20-13-19(27-23(28-20)24(32)26-17-5-3-6-17)31-11-8-16(9-12-31)21-18-7-4-10-25-22(18)30-29-21;1-13(11-31)24-20(32)19-25-21(27-22(26-19)33-12-14-4-5-14)30-9-6-15(7-10-30)17-16-3-2-8-23-18(16)29-28-17/h2,5,9,16-19H,3-4,6-8,10-12,14-15H2,1H3,(H,33,37)(H,30,34,35);10-13,16-18H,5-9,14-15H2,1-4H3,(H2,27,29)(H,28,35);4,7,10,13,15-17H,3,5-6,8-9,11-12,14H2,1-2H3,(H,26,32)(H,25,29,30);2-3,8,13-15,31H,4-7,9-12H2,1H3,(H,24,32)(H,23,28,29)/t16?,18-,19+,28?;17-;15-;13-/m0111/s1. The lowest BCUT2D eigenvalue weighted by Crippen LogP contribution is -2.68. The van der Waals surface area contributed by atoms with Crippen LogP contribution in [0.25, 0.3) is 44.4 Å². The fourth-order valence-corrected chi connectivity index (χ4v) is 19.6. The molecule has 6 aliphatic carbocycles. The largest absolute Gasteiger partial charge is 0.489 e. The van der Waals surface area contributed by atoms with Crippen LogP contribution in [0, 0.1) is 40.9 Å². The molecule has 10 fully saturated rings. The molecule has 0 aromatic carbocycles. The Labute approximate surface area is 849 Å². The molecule has 147 heavy (non-hydrogen) atoms. The number of nitrogen functional groups attached to an aromatic ring is 1. The number of methoxy groups -OCH3 is 2. The number of nitrogens with one attached hydrogen (secondary N) is 7. The molecule has 10 aliphatic rings. The smallest absolute Gasteiger partial charge is 0.321 e. The first-order valence-corrected chi connectivity index (χ1v) is 52.6. The number of hydrogen-bond acceptors (Lipinski definition) is 38. The lowest BCUT2D eigenvalue weighted by molar-refractivity contribution is -0.0440. The van der Waals surface area contributed by atoms with E-state index in [9.17, 15) is 32.7 Å². The first-order chi connectivity index (χ1) is 71.2. The lowest BCUT2D eigenvalue weighted by Gasteiger charge is -2.61. The molecule has 6 saturated carbocycles. The number of rotatable bonds is 37. The molecule has 4 saturated heterocycles. The van der Waals surface area contributed by atoms with Gasteiger partial charge in [0.05, 0.1) is 74.7 Å². The Morgan fingerprint density at radius 2 is 1.15 bits per heavy atom. The van der Waals surface area contributed by atoms with Gasteiger partial charge in [-0.05, 0) is 191 Å². The highest BCUT2D eigenvalue weighted by Gasteiger charge is 2.57. The maximum Gasteiger partial charge on any atom is 0.321 e. The highest BCUT2D eigenvalue weighted by atomic mass is 32.2. The summed E-state index contributed by atoms with van der Waals surface area (Å²) in [6.45, 7) is 15.8. The summed E-state index contributed by atoms with van der Waals surface area (Å²) < 4.78 is 70.8. The van der Waals surface area contributed by atoms with Crippen LogP contribution in [0.4, 0.5) is 29.2 Å². The molecule has 16 heterocycles. The number of hydrogen-bond donors (Lipinski definition) is 9. The third-order valence-corrected chi connectivity index (χ3v) is 28.6. The quantitative estimate of drug-likeness (QED) is 0.0175. The van der Waals surface area contributed by atoms with Crippen molar-refractivity contribution in [2.24, 2.45) is 36.6 Å². The number of aromatic nitrogens is 21. The SMILES string of the molecule is CCNC(=O)c1cc(N2CCC(COc3cc(-c4cn(C)cn4)cnc3N)CC2)nc(O[C@H](C)COC)n1.COC[C@@H](C)Oc1cc(N2CCC(c3[nH]nc4ncccc34)CC2)nc(C(=O)NC2CCC2)n1.CS(=O)(=O)COc1ccnc2n[nH]c(C3CCN(c4cc(C(=O)NC56CC(C5)C6)nc(OC[C@H]5C[C@H]5C#N)n4)CC3)c12.C[C@H](CO)NC(=O)c1nc(OCC2CC2)nc(N2CCC(c3[nH]nc4ncccc34)CC2)n1. The van der Waals surface area contributed by atoms with Gasteiger partial charge in [0.2, 0.25) is 23.5 Å². The lowest BCUT2D eigenvalue weighted by atomic mass is 9.50. The van der Waals surface area contributed by atoms with Gasteiger partial charge in [-0.25, -0.2) is 38.3 Å². The number of nitrogens with two attached hydrogens (primary N) is 1. The molecule has 46 nitrogen and oxygen atoms in total. The van der Waals surface area contributed by atoms with Crippen molar-refractivity contribution in [2.45, 2.75) is 184 Å². The maximum absolute atomic E-state index is 13.2. The predicted molar refractivity (Wildman–Crippen MR) is 541 cm³/mol. The number of nitriles is 1. The van der Waals surface area contributed by atoms with Crippen LogP contribution in [0.15, 0.2) is 91.9 Å². The zero-order chi connectivity index (χ0) is 102. The number of sulfone groups is 1. The molecule has 0 unspecified atom stereocenters. The van der Waals surface area contributed by atoms with E-state index in [0.29, 0.717) is 134 Å². The first-order valence-electron chi connectivity index (χ1n) is 50.6. The number of imidazole rings is 1. The van der Waals surface area contributed by atoms with Gasteiger partial charge < -0.3 is 94.2 Å². The van der Waals surface area contributed by atoms with E-state index in [0.717, 1.165) is 211 Å². The average molecular weight is 2040 g/mol. The molecule has 4 amide bonds. The van der Waals surface area contributed by atoms with E-state index in [1.54, 1.807) is 70.5 Å². The monoisotopic (exact) mass is 2030 g/mol. The number of aryl methyl sites for hydroxylation is 1. The van der Waals surface area contributed by atoms with Crippen molar-refractivity contribution >= 4 is 95.8 Å². The number of nitrogens with zero attached hydrogens (tertiary/aromatic N) is 23. The van der Waals surface area contributed by atoms with E-state index < -0.39 is 27.7 Å². The Balaban J connectivity index is 0.000000129.